The van der Waals surface area contributed by atoms with Crippen molar-refractivity contribution in [2.45, 2.75) is 39.0 Å². The number of rotatable bonds is 3. The molecule has 0 bridgehead atoms. The minimum absolute atomic E-state index is 0.124. The van der Waals surface area contributed by atoms with Gasteiger partial charge in [-0.2, -0.15) is 0 Å². The van der Waals surface area contributed by atoms with E-state index in [1.165, 1.54) is 0 Å². The van der Waals surface area contributed by atoms with Gasteiger partial charge in [-0.15, -0.1) is 0 Å². The number of piperidine rings is 1. The fourth-order valence-corrected chi connectivity index (χ4v) is 3.05. The van der Waals surface area contributed by atoms with Crippen LogP contribution in [0.2, 0.25) is 0 Å². The molecule has 112 valence electrons. The molecule has 3 rings (SSSR count). The first-order valence-corrected chi connectivity index (χ1v) is 7.92. The van der Waals surface area contributed by atoms with E-state index in [9.17, 15) is 4.79 Å². The Kier molecular flexibility index (Phi) is 3.95. The highest BCUT2D eigenvalue weighted by molar-refractivity contribution is 5.78. The van der Waals surface area contributed by atoms with Gasteiger partial charge in [0.25, 0.3) is 0 Å². The molecule has 0 radical (unpaired) electrons. The molecule has 2 atom stereocenters. The quantitative estimate of drug-likeness (QED) is 0.940. The zero-order valence-corrected chi connectivity index (χ0v) is 12.8. The van der Waals surface area contributed by atoms with Crippen LogP contribution in [0, 0.1) is 5.92 Å². The number of hydrogen-bond donors (Lipinski definition) is 1. The van der Waals surface area contributed by atoms with Gasteiger partial charge < -0.3 is 9.88 Å². The van der Waals surface area contributed by atoms with Gasteiger partial charge in [0.2, 0.25) is 5.91 Å². The number of aromatic nitrogens is 2. The Labute approximate surface area is 125 Å². The monoisotopic (exact) mass is 285 g/mol. The molecule has 1 aliphatic rings. The Balaban J connectivity index is 1.78. The number of imidazole rings is 1. The molecular formula is C17H23N3O. The minimum atomic E-state index is 0.124. The molecule has 21 heavy (non-hydrogen) atoms. The van der Waals surface area contributed by atoms with Gasteiger partial charge in [-0.3, -0.25) is 4.79 Å². The smallest absolute Gasteiger partial charge is 0.225 e. The van der Waals surface area contributed by atoms with Crippen LogP contribution in [0.4, 0.5) is 0 Å². The van der Waals surface area contributed by atoms with Gasteiger partial charge in [-0.05, 0) is 31.4 Å². The minimum Gasteiger partial charge on any atom is -0.342 e. The SMILES string of the molecule is CCC(C)C(=O)N1CCCC(c2nc3ccccc3[nH]2)C1. The number of para-hydroxylation sites is 2. The van der Waals surface area contributed by atoms with Gasteiger partial charge >= 0.3 is 0 Å². The largest absolute Gasteiger partial charge is 0.342 e. The Morgan fingerprint density at radius 2 is 2.29 bits per heavy atom. The molecule has 1 aliphatic heterocycles. The highest BCUT2D eigenvalue weighted by atomic mass is 16.2. The third kappa shape index (κ3) is 2.80. The van der Waals surface area contributed by atoms with Crippen LogP contribution in [0.25, 0.3) is 11.0 Å². The van der Waals surface area contributed by atoms with Crippen LogP contribution in [-0.4, -0.2) is 33.9 Å². The highest BCUT2D eigenvalue weighted by Crippen LogP contribution is 2.27. The van der Waals surface area contributed by atoms with E-state index in [2.05, 4.69) is 18.0 Å². The molecule has 1 amide bonds. The van der Waals surface area contributed by atoms with Gasteiger partial charge in [0, 0.05) is 24.9 Å². The second-order valence-corrected chi connectivity index (χ2v) is 6.07. The summed E-state index contributed by atoms with van der Waals surface area (Å²) in [5.74, 6) is 1.77. The topological polar surface area (TPSA) is 49.0 Å². The number of aromatic amines is 1. The van der Waals surface area contributed by atoms with Crippen LogP contribution in [0.15, 0.2) is 24.3 Å². The van der Waals surface area contributed by atoms with Crippen LogP contribution in [0.5, 0.6) is 0 Å². The summed E-state index contributed by atoms with van der Waals surface area (Å²) in [4.78, 5) is 22.5. The summed E-state index contributed by atoms with van der Waals surface area (Å²) < 4.78 is 0. The van der Waals surface area contributed by atoms with E-state index >= 15 is 0 Å². The zero-order chi connectivity index (χ0) is 14.8. The third-order valence-corrected chi connectivity index (χ3v) is 4.56. The molecule has 1 fully saturated rings. The van der Waals surface area contributed by atoms with Crippen LogP contribution in [0.1, 0.15) is 44.9 Å². The predicted octanol–water partition coefficient (Wildman–Crippen LogP) is 3.32. The average molecular weight is 285 g/mol. The maximum absolute atomic E-state index is 12.4. The Hall–Kier alpha value is -1.84. The summed E-state index contributed by atoms with van der Waals surface area (Å²) in [6.07, 6.45) is 3.07. The standard InChI is InChI=1S/C17H23N3O/c1-3-12(2)17(21)20-10-6-7-13(11-20)16-18-14-8-4-5-9-15(14)19-16/h4-5,8-9,12-13H,3,6-7,10-11H2,1-2H3,(H,18,19). The number of carbonyl (C=O) groups excluding carboxylic acids is 1. The molecule has 0 aliphatic carbocycles. The summed E-state index contributed by atoms with van der Waals surface area (Å²) >= 11 is 0. The number of fused-ring (bicyclic) bond motifs is 1. The molecule has 2 aromatic rings. The van der Waals surface area contributed by atoms with E-state index in [4.69, 9.17) is 4.98 Å². The third-order valence-electron chi connectivity index (χ3n) is 4.56. The number of likely N-dealkylation sites (tertiary alicyclic amines) is 1. The van der Waals surface area contributed by atoms with E-state index in [1.54, 1.807) is 0 Å². The van der Waals surface area contributed by atoms with Crippen molar-refractivity contribution in [1.29, 1.82) is 0 Å². The molecule has 1 aromatic heterocycles. The van der Waals surface area contributed by atoms with E-state index in [0.717, 1.165) is 49.2 Å². The van der Waals surface area contributed by atoms with Crippen molar-refractivity contribution < 1.29 is 4.79 Å². The number of hydrogen-bond acceptors (Lipinski definition) is 2. The zero-order valence-electron chi connectivity index (χ0n) is 12.8. The van der Waals surface area contributed by atoms with Crippen LogP contribution >= 0.6 is 0 Å². The Bertz CT molecular complexity index is 601. The van der Waals surface area contributed by atoms with Crippen LogP contribution in [0.3, 0.4) is 0 Å². The lowest BCUT2D eigenvalue weighted by molar-refractivity contribution is -0.136. The van der Waals surface area contributed by atoms with Gasteiger partial charge in [0.05, 0.1) is 11.0 Å². The fourth-order valence-electron chi connectivity index (χ4n) is 3.05. The Morgan fingerprint density at radius 3 is 3.05 bits per heavy atom. The van der Waals surface area contributed by atoms with Crippen molar-refractivity contribution in [1.82, 2.24) is 14.9 Å². The van der Waals surface area contributed by atoms with Crippen molar-refractivity contribution in [2.24, 2.45) is 5.92 Å². The molecule has 1 saturated heterocycles. The van der Waals surface area contributed by atoms with E-state index in [-0.39, 0.29) is 5.92 Å². The predicted molar refractivity (Wildman–Crippen MR) is 84.1 cm³/mol. The number of carbonyl (C=O) groups is 1. The number of benzene rings is 1. The average Bonchev–Trinajstić information content (AvgIpc) is 2.97. The van der Waals surface area contributed by atoms with Crippen LogP contribution in [-0.2, 0) is 4.79 Å². The molecule has 1 aromatic carbocycles. The number of nitrogens with one attached hydrogen (secondary N) is 1. The van der Waals surface area contributed by atoms with Gasteiger partial charge in [0.1, 0.15) is 5.82 Å². The second kappa shape index (κ2) is 5.88. The van der Waals surface area contributed by atoms with Crippen LogP contribution < -0.4 is 0 Å². The second-order valence-electron chi connectivity index (χ2n) is 6.07. The molecule has 4 nitrogen and oxygen atoms in total. The number of H-pyrrole nitrogens is 1. The highest BCUT2D eigenvalue weighted by Gasteiger charge is 2.28. The van der Waals surface area contributed by atoms with Gasteiger partial charge in [-0.25, -0.2) is 4.98 Å². The first kappa shape index (κ1) is 14.1. The van der Waals surface area contributed by atoms with Crippen molar-refractivity contribution >= 4 is 16.9 Å². The molecule has 4 heteroatoms. The first-order chi connectivity index (χ1) is 10.2. The van der Waals surface area contributed by atoms with Crippen molar-refractivity contribution in [3.05, 3.63) is 30.1 Å². The number of amides is 1. The lowest BCUT2D eigenvalue weighted by Gasteiger charge is -2.33. The molecule has 2 heterocycles. The molecule has 1 N–H and O–H groups in total. The van der Waals surface area contributed by atoms with Crippen molar-refractivity contribution in [3.63, 3.8) is 0 Å². The summed E-state index contributed by atoms with van der Waals surface area (Å²) in [5, 5.41) is 0. The maximum Gasteiger partial charge on any atom is 0.225 e. The first-order valence-electron chi connectivity index (χ1n) is 7.92. The lowest BCUT2D eigenvalue weighted by Crippen LogP contribution is -2.41. The number of nitrogens with zero attached hydrogens (tertiary/aromatic N) is 2. The summed E-state index contributed by atoms with van der Waals surface area (Å²) in [7, 11) is 0. The molecular weight excluding hydrogens is 262 g/mol. The van der Waals surface area contributed by atoms with Gasteiger partial charge in [0.15, 0.2) is 0 Å². The normalized spacial score (nSPS) is 20.7. The fraction of sp³-hybridized carbons (Fsp3) is 0.529. The molecule has 0 saturated carbocycles. The summed E-state index contributed by atoms with van der Waals surface area (Å²) in [5.41, 5.74) is 2.09. The van der Waals surface area contributed by atoms with Crippen molar-refractivity contribution in [3.8, 4) is 0 Å². The molecule has 2 unspecified atom stereocenters. The summed E-state index contributed by atoms with van der Waals surface area (Å²) in [6, 6.07) is 8.10. The maximum atomic E-state index is 12.4. The molecule has 0 spiro atoms. The summed E-state index contributed by atoms with van der Waals surface area (Å²) in [6.45, 7) is 5.78. The van der Waals surface area contributed by atoms with E-state index < -0.39 is 0 Å². The van der Waals surface area contributed by atoms with Gasteiger partial charge in [-0.1, -0.05) is 26.0 Å². The van der Waals surface area contributed by atoms with E-state index in [1.807, 2.05) is 30.0 Å². The van der Waals surface area contributed by atoms with Crippen molar-refractivity contribution in [2.75, 3.05) is 13.1 Å². The van der Waals surface area contributed by atoms with E-state index in [0.29, 0.717) is 11.8 Å². The Morgan fingerprint density at radius 1 is 1.48 bits per heavy atom. The lowest BCUT2D eigenvalue weighted by atomic mass is 9.95.